The number of nitrogens with one attached hydrogen (secondary N) is 1. The quantitative estimate of drug-likeness (QED) is 0.512. The van der Waals surface area contributed by atoms with Crippen LogP contribution in [0.15, 0.2) is 78.2 Å². The number of benzene rings is 2. The Morgan fingerprint density at radius 1 is 1.04 bits per heavy atom. The van der Waals surface area contributed by atoms with E-state index >= 15 is 0 Å². The molecule has 1 N–H and O–H groups in total. The molecule has 28 heavy (non-hydrogen) atoms. The van der Waals surface area contributed by atoms with Gasteiger partial charge in [0, 0.05) is 6.54 Å². The fraction of sp³-hybridized carbons (Fsp3) is 0.130. The molecule has 0 aliphatic carbocycles. The first-order chi connectivity index (χ1) is 13.7. The molecule has 0 aliphatic heterocycles. The number of thiophene rings is 1. The lowest BCUT2D eigenvalue weighted by atomic mass is 10.1. The van der Waals surface area contributed by atoms with Crippen molar-refractivity contribution < 1.29 is 4.79 Å². The van der Waals surface area contributed by atoms with Crippen molar-refractivity contribution in [3.8, 4) is 16.3 Å². The highest BCUT2D eigenvalue weighted by Crippen LogP contribution is 2.26. The third-order valence-electron chi connectivity index (χ3n) is 4.54. The number of carbonyl (C=O) groups is 1. The average molecular weight is 388 g/mol. The molecule has 0 bridgehead atoms. The first-order valence-electron chi connectivity index (χ1n) is 9.24. The van der Waals surface area contributed by atoms with Crippen LogP contribution in [0.2, 0.25) is 0 Å². The minimum absolute atomic E-state index is 0.119. The summed E-state index contributed by atoms with van der Waals surface area (Å²) in [5.74, 6) is -0.119. The molecule has 2 heterocycles. The van der Waals surface area contributed by atoms with Crippen molar-refractivity contribution in [3.63, 3.8) is 0 Å². The summed E-state index contributed by atoms with van der Waals surface area (Å²) in [6.07, 6.45) is 0.795. The molecule has 4 aromatic rings. The van der Waals surface area contributed by atoms with Gasteiger partial charge in [-0.2, -0.15) is 5.10 Å². The molecule has 4 nitrogen and oxygen atoms in total. The maximum absolute atomic E-state index is 12.9. The van der Waals surface area contributed by atoms with Gasteiger partial charge >= 0.3 is 0 Å². The van der Waals surface area contributed by atoms with Gasteiger partial charge in [-0.25, -0.2) is 4.68 Å². The number of rotatable bonds is 6. The molecular weight excluding hydrogens is 366 g/mol. The maximum Gasteiger partial charge on any atom is 0.270 e. The fourth-order valence-corrected chi connectivity index (χ4v) is 3.71. The molecule has 0 saturated carbocycles. The van der Waals surface area contributed by atoms with Crippen molar-refractivity contribution in [1.29, 1.82) is 0 Å². The molecule has 140 valence electrons. The molecule has 0 radical (unpaired) electrons. The van der Waals surface area contributed by atoms with Crippen LogP contribution in [0.4, 0.5) is 0 Å². The Morgan fingerprint density at radius 3 is 2.54 bits per heavy atom. The van der Waals surface area contributed by atoms with Gasteiger partial charge in [-0.05, 0) is 48.6 Å². The lowest BCUT2D eigenvalue weighted by Gasteiger charge is -2.09. The van der Waals surface area contributed by atoms with Crippen molar-refractivity contribution >= 4 is 17.2 Å². The summed E-state index contributed by atoms with van der Waals surface area (Å²) in [4.78, 5) is 14.0. The number of hydrogen-bond donors (Lipinski definition) is 1. The molecule has 0 saturated heterocycles. The number of aryl methyl sites for hydroxylation is 1. The number of carbonyl (C=O) groups excluding carboxylic acids is 1. The highest BCUT2D eigenvalue weighted by atomic mass is 32.1. The van der Waals surface area contributed by atoms with Crippen LogP contribution in [0.5, 0.6) is 0 Å². The summed E-state index contributed by atoms with van der Waals surface area (Å²) in [6.45, 7) is 2.62. The van der Waals surface area contributed by atoms with Crippen LogP contribution in [0.1, 0.15) is 21.6 Å². The Bertz CT molecular complexity index is 1050. The molecule has 2 aromatic heterocycles. The van der Waals surface area contributed by atoms with E-state index in [0.717, 1.165) is 22.7 Å². The van der Waals surface area contributed by atoms with E-state index in [9.17, 15) is 4.79 Å². The third-order valence-corrected chi connectivity index (χ3v) is 5.43. The van der Waals surface area contributed by atoms with E-state index in [-0.39, 0.29) is 5.91 Å². The van der Waals surface area contributed by atoms with Crippen LogP contribution in [-0.2, 0) is 6.42 Å². The van der Waals surface area contributed by atoms with Crippen molar-refractivity contribution in [2.75, 3.05) is 6.54 Å². The summed E-state index contributed by atoms with van der Waals surface area (Å²) in [5.41, 5.74) is 4.60. The Balaban J connectivity index is 1.58. The first-order valence-corrected chi connectivity index (χ1v) is 10.1. The van der Waals surface area contributed by atoms with Gasteiger partial charge in [-0.1, -0.05) is 54.1 Å². The van der Waals surface area contributed by atoms with Gasteiger partial charge in [0.15, 0.2) is 0 Å². The van der Waals surface area contributed by atoms with Crippen LogP contribution >= 0.6 is 11.3 Å². The number of nitrogens with zero attached hydrogens (tertiary/aromatic N) is 2. The summed E-state index contributed by atoms with van der Waals surface area (Å²) < 4.78 is 1.73. The van der Waals surface area contributed by atoms with Crippen molar-refractivity contribution in [2.45, 2.75) is 13.3 Å². The summed E-state index contributed by atoms with van der Waals surface area (Å²) in [6, 6.07) is 24.1. The predicted octanol–water partition coefficient (Wildman–Crippen LogP) is 4.88. The van der Waals surface area contributed by atoms with Crippen molar-refractivity contribution in [3.05, 3.63) is 95.0 Å². The maximum atomic E-state index is 12.9. The van der Waals surface area contributed by atoms with Gasteiger partial charge in [0.2, 0.25) is 0 Å². The minimum Gasteiger partial charge on any atom is -0.350 e. The van der Waals surface area contributed by atoms with Gasteiger partial charge in [-0.3, -0.25) is 4.79 Å². The molecule has 5 heteroatoms. The average Bonchev–Trinajstić information content (AvgIpc) is 3.39. The van der Waals surface area contributed by atoms with Crippen LogP contribution in [0, 0.1) is 6.92 Å². The molecule has 0 unspecified atom stereocenters. The third kappa shape index (κ3) is 4.05. The van der Waals surface area contributed by atoms with E-state index in [2.05, 4.69) is 17.4 Å². The van der Waals surface area contributed by atoms with Gasteiger partial charge in [0.05, 0.1) is 10.6 Å². The zero-order valence-corrected chi connectivity index (χ0v) is 16.4. The zero-order chi connectivity index (χ0) is 19.3. The summed E-state index contributed by atoms with van der Waals surface area (Å²) in [5, 5.41) is 9.75. The molecule has 4 rings (SSSR count). The highest BCUT2D eigenvalue weighted by molar-refractivity contribution is 7.13. The first kappa shape index (κ1) is 18.2. The van der Waals surface area contributed by atoms with Gasteiger partial charge in [0.1, 0.15) is 11.4 Å². The SMILES string of the molecule is Cc1ccc(-n2nc(-c3cccs3)cc2C(=O)NCCc2ccccc2)cc1. The van der Waals surface area contributed by atoms with E-state index in [1.165, 1.54) is 11.1 Å². The zero-order valence-electron chi connectivity index (χ0n) is 15.6. The van der Waals surface area contributed by atoms with Crippen LogP contribution in [0.25, 0.3) is 16.3 Å². The van der Waals surface area contributed by atoms with Crippen molar-refractivity contribution in [2.24, 2.45) is 0 Å². The Morgan fingerprint density at radius 2 is 1.82 bits per heavy atom. The molecule has 0 spiro atoms. The molecule has 0 atom stereocenters. The molecule has 0 aliphatic rings. The van der Waals surface area contributed by atoms with E-state index in [4.69, 9.17) is 5.10 Å². The largest absolute Gasteiger partial charge is 0.350 e. The van der Waals surface area contributed by atoms with Crippen molar-refractivity contribution in [1.82, 2.24) is 15.1 Å². The van der Waals surface area contributed by atoms with Crippen LogP contribution in [-0.4, -0.2) is 22.2 Å². The minimum atomic E-state index is -0.119. The van der Waals surface area contributed by atoms with E-state index in [0.29, 0.717) is 12.2 Å². The normalized spacial score (nSPS) is 10.8. The lowest BCUT2D eigenvalue weighted by Crippen LogP contribution is -2.27. The fourth-order valence-electron chi connectivity index (χ4n) is 3.03. The van der Waals surface area contributed by atoms with E-state index in [1.54, 1.807) is 16.0 Å². The highest BCUT2D eigenvalue weighted by Gasteiger charge is 2.17. The Hall–Kier alpha value is -3.18. The molecular formula is C23H21N3OS. The predicted molar refractivity (Wildman–Crippen MR) is 114 cm³/mol. The second kappa shape index (κ2) is 8.23. The molecule has 0 fully saturated rings. The number of amides is 1. The second-order valence-corrected chi connectivity index (χ2v) is 7.58. The second-order valence-electron chi connectivity index (χ2n) is 6.63. The van der Waals surface area contributed by atoms with Crippen LogP contribution in [0.3, 0.4) is 0 Å². The molecule has 2 aromatic carbocycles. The molecule has 1 amide bonds. The smallest absolute Gasteiger partial charge is 0.270 e. The van der Waals surface area contributed by atoms with Gasteiger partial charge < -0.3 is 5.32 Å². The van der Waals surface area contributed by atoms with E-state index in [1.807, 2.05) is 73.0 Å². The Kier molecular flexibility index (Phi) is 5.35. The number of hydrogen-bond acceptors (Lipinski definition) is 3. The van der Waals surface area contributed by atoms with Crippen LogP contribution < -0.4 is 5.32 Å². The number of aromatic nitrogens is 2. The monoisotopic (exact) mass is 387 g/mol. The lowest BCUT2D eigenvalue weighted by molar-refractivity contribution is 0.0946. The summed E-state index contributed by atoms with van der Waals surface area (Å²) in [7, 11) is 0. The van der Waals surface area contributed by atoms with Gasteiger partial charge in [-0.15, -0.1) is 11.3 Å². The summed E-state index contributed by atoms with van der Waals surface area (Å²) >= 11 is 1.62. The topological polar surface area (TPSA) is 46.9 Å². The standard InChI is InChI=1S/C23H21N3OS/c1-17-9-11-19(12-10-17)26-21(16-20(25-26)22-8-5-15-28-22)23(27)24-14-13-18-6-3-2-4-7-18/h2-12,15-16H,13-14H2,1H3,(H,24,27). The van der Waals surface area contributed by atoms with E-state index < -0.39 is 0 Å². The van der Waals surface area contributed by atoms with Gasteiger partial charge in [0.25, 0.3) is 5.91 Å². The Labute approximate surface area is 168 Å².